The predicted octanol–water partition coefficient (Wildman–Crippen LogP) is 2.91. The summed E-state index contributed by atoms with van der Waals surface area (Å²) in [4.78, 5) is 30.4. The van der Waals surface area contributed by atoms with Crippen LogP contribution >= 0.6 is 0 Å². The standard InChI is InChI=1S/C30H44N4O7/c1-5-6-13-31(14-7-16-34(2,3)4)28(37)19-32-18-22(21-8-9-24-25(17-21)41-20-40-24)29(30(38)39)23(32)12-15-33-26(35)10-11-27(33)36/h8-11,17,22-23,29H,5-7,12-16,18-20H2,1-4H3,(H2-,35,36,38,39)/p+1/t22-,23+,29-/m1/s1. The lowest BCUT2D eigenvalue weighted by molar-refractivity contribution is -0.870. The van der Waals surface area contributed by atoms with Crippen molar-refractivity contribution >= 4 is 11.9 Å². The summed E-state index contributed by atoms with van der Waals surface area (Å²) in [5.74, 6) is -1.11. The first-order valence-electron chi connectivity index (χ1n) is 14.5. The Kier molecular flexibility index (Phi) is 9.70. The summed E-state index contributed by atoms with van der Waals surface area (Å²) in [5.41, 5.74) is 0.819. The van der Waals surface area contributed by atoms with E-state index in [0.29, 0.717) is 37.6 Å². The number of ether oxygens (including phenoxy) is 2. The highest BCUT2D eigenvalue weighted by Crippen LogP contribution is 2.43. The summed E-state index contributed by atoms with van der Waals surface area (Å²) in [6.07, 6.45) is 3.09. The Labute approximate surface area is 242 Å². The Morgan fingerprint density at radius 1 is 1.02 bits per heavy atom. The molecule has 226 valence electrons. The van der Waals surface area contributed by atoms with Gasteiger partial charge < -0.3 is 34.2 Å². The van der Waals surface area contributed by atoms with Crippen molar-refractivity contribution < 1.29 is 38.9 Å². The molecule has 0 bridgehead atoms. The topological polar surface area (TPSA) is 125 Å². The molecular formula is C30H45N4O7+. The Morgan fingerprint density at radius 3 is 2.37 bits per heavy atom. The largest absolute Gasteiger partial charge is 0.494 e. The quantitative estimate of drug-likeness (QED) is 0.295. The number of hydrogen-bond acceptors (Lipinski definition) is 7. The minimum absolute atomic E-state index is 0.00741. The average molecular weight is 574 g/mol. The van der Waals surface area contributed by atoms with E-state index in [-0.39, 0.29) is 43.5 Å². The van der Waals surface area contributed by atoms with Gasteiger partial charge in [-0.3, -0.25) is 19.1 Å². The SMILES string of the molecule is CCCCN(CCC[N+](C)(C)C)C(=O)CN1C[C@H](c2ccc3c(c2)OCO3)[C@@H](C(=O)O)[C@@H]1CCn1c(O)ccc1O. The fourth-order valence-electron chi connectivity index (χ4n) is 5.99. The van der Waals surface area contributed by atoms with Gasteiger partial charge in [0.1, 0.15) is 0 Å². The van der Waals surface area contributed by atoms with Crippen molar-refractivity contribution in [3.05, 3.63) is 35.9 Å². The molecule has 1 amide bonds. The summed E-state index contributed by atoms with van der Waals surface area (Å²) in [7, 11) is 6.40. The molecule has 3 atom stereocenters. The number of aromatic hydroxyl groups is 2. The van der Waals surface area contributed by atoms with Gasteiger partial charge in [-0.05, 0) is 30.5 Å². The van der Waals surface area contributed by atoms with Gasteiger partial charge in [0.2, 0.25) is 12.7 Å². The van der Waals surface area contributed by atoms with Crippen LogP contribution in [0.5, 0.6) is 23.3 Å². The van der Waals surface area contributed by atoms with Gasteiger partial charge in [-0.25, -0.2) is 0 Å². The van der Waals surface area contributed by atoms with E-state index in [1.54, 1.807) is 6.07 Å². The third kappa shape index (κ3) is 7.45. The maximum absolute atomic E-state index is 13.7. The van der Waals surface area contributed by atoms with Crippen molar-refractivity contribution in [1.29, 1.82) is 0 Å². The van der Waals surface area contributed by atoms with E-state index < -0.39 is 17.9 Å². The minimum atomic E-state index is -0.945. The Hall–Kier alpha value is -3.44. The summed E-state index contributed by atoms with van der Waals surface area (Å²) in [5, 5.41) is 30.8. The normalized spacial score (nSPS) is 20.4. The molecule has 2 aliphatic rings. The fraction of sp³-hybridized carbons (Fsp3) is 0.600. The molecular weight excluding hydrogens is 528 g/mol. The van der Waals surface area contributed by atoms with Gasteiger partial charge >= 0.3 is 5.97 Å². The van der Waals surface area contributed by atoms with Crippen LogP contribution in [0, 0.1) is 5.92 Å². The molecule has 3 heterocycles. The number of hydrogen-bond donors (Lipinski definition) is 3. The average Bonchev–Trinajstić information content (AvgIpc) is 3.61. The zero-order valence-electron chi connectivity index (χ0n) is 24.7. The monoisotopic (exact) mass is 573 g/mol. The van der Waals surface area contributed by atoms with E-state index in [0.717, 1.165) is 35.9 Å². The number of aromatic nitrogens is 1. The van der Waals surface area contributed by atoms with Gasteiger partial charge in [-0.15, -0.1) is 0 Å². The number of quaternary nitrogens is 1. The van der Waals surface area contributed by atoms with Crippen molar-refractivity contribution in [2.75, 3.05) is 60.7 Å². The van der Waals surface area contributed by atoms with Crippen LogP contribution in [0.4, 0.5) is 0 Å². The zero-order valence-corrected chi connectivity index (χ0v) is 24.7. The number of unbranched alkanes of at least 4 members (excludes halogenated alkanes) is 1. The van der Waals surface area contributed by atoms with Crippen molar-refractivity contribution in [3.8, 4) is 23.3 Å². The number of carbonyl (C=O) groups is 2. The van der Waals surface area contributed by atoms with Gasteiger partial charge in [-0.1, -0.05) is 19.4 Å². The van der Waals surface area contributed by atoms with E-state index in [4.69, 9.17) is 9.47 Å². The second-order valence-corrected chi connectivity index (χ2v) is 12.2. The van der Waals surface area contributed by atoms with Crippen LogP contribution in [0.2, 0.25) is 0 Å². The van der Waals surface area contributed by atoms with E-state index in [9.17, 15) is 24.9 Å². The maximum Gasteiger partial charge on any atom is 0.308 e. The molecule has 0 saturated carbocycles. The third-order valence-corrected chi connectivity index (χ3v) is 8.17. The summed E-state index contributed by atoms with van der Waals surface area (Å²) < 4.78 is 13.2. The molecule has 0 radical (unpaired) electrons. The number of likely N-dealkylation sites (tertiary alicyclic amines) is 1. The molecule has 1 aromatic carbocycles. The second-order valence-electron chi connectivity index (χ2n) is 12.2. The number of benzene rings is 1. The van der Waals surface area contributed by atoms with Gasteiger partial charge in [-0.2, -0.15) is 0 Å². The Morgan fingerprint density at radius 2 is 1.71 bits per heavy atom. The van der Waals surface area contributed by atoms with Gasteiger partial charge in [0.25, 0.3) is 0 Å². The van der Waals surface area contributed by atoms with Crippen molar-refractivity contribution in [3.63, 3.8) is 0 Å². The van der Waals surface area contributed by atoms with E-state index in [2.05, 4.69) is 28.1 Å². The molecule has 4 rings (SSSR count). The number of carbonyl (C=O) groups excluding carboxylic acids is 1. The lowest BCUT2D eigenvalue weighted by Crippen LogP contribution is -2.45. The highest BCUT2D eigenvalue weighted by Gasteiger charge is 2.47. The maximum atomic E-state index is 13.7. The predicted molar refractivity (Wildman–Crippen MR) is 153 cm³/mol. The first-order valence-corrected chi connectivity index (χ1v) is 14.5. The Bertz CT molecular complexity index is 1190. The van der Waals surface area contributed by atoms with Crippen molar-refractivity contribution in [2.24, 2.45) is 5.92 Å². The molecule has 41 heavy (non-hydrogen) atoms. The van der Waals surface area contributed by atoms with Gasteiger partial charge in [0, 0.05) is 56.7 Å². The molecule has 1 saturated heterocycles. The van der Waals surface area contributed by atoms with Crippen molar-refractivity contribution in [2.45, 2.75) is 51.1 Å². The van der Waals surface area contributed by atoms with Crippen LogP contribution in [0.25, 0.3) is 0 Å². The van der Waals surface area contributed by atoms with Crippen LogP contribution in [0.15, 0.2) is 30.3 Å². The van der Waals surface area contributed by atoms with Crippen molar-refractivity contribution in [1.82, 2.24) is 14.4 Å². The molecule has 3 N–H and O–H groups in total. The minimum Gasteiger partial charge on any atom is -0.494 e. The third-order valence-electron chi connectivity index (χ3n) is 8.17. The number of carboxylic acid groups (broad SMARTS) is 1. The second kappa shape index (κ2) is 13.0. The first kappa shape index (κ1) is 30.5. The van der Waals surface area contributed by atoms with E-state index in [1.807, 2.05) is 21.9 Å². The van der Waals surface area contributed by atoms with E-state index >= 15 is 0 Å². The fourth-order valence-corrected chi connectivity index (χ4v) is 5.99. The first-order chi connectivity index (χ1) is 19.5. The number of amides is 1. The molecule has 0 spiro atoms. The van der Waals surface area contributed by atoms with Crippen LogP contribution in [0.1, 0.15) is 44.1 Å². The molecule has 1 aromatic heterocycles. The number of fused-ring (bicyclic) bond motifs is 1. The smallest absolute Gasteiger partial charge is 0.308 e. The summed E-state index contributed by atoms with van der Waals surface area (Å²) in [6.45, 7) is 5.20. The lowest BCUT2D eigenvalue weighted by atomic mass is 9.84. The molecule has 11 nitrogen and oxygen atoms in total. The molecule has 2 aliphatic heterocycles. The highest BCUT2D eigenvalue weighted by atomic mass is 16.7. The molecule has 2 aromatic rings. The molecule has 0 unspecified atom stereocenters. The summed E-state index contributed by atoms with van der Waals surface area (Å²) >= 11 is 0. The highest BCUT2D eigenvalue weighted by molar-refractivity contribution is 5.79. The molecule has 1 fully saturated rings. The van der Waals surface area contributed by atoms with Crippen LogP contribution in [-0.2, 0) is 16.1 Å². The number of carboxylic acids is 1. The summed E-state index contributed by atoms with van der Waals surface area (Å²) in [6, 6.07) is 7.82. The lowest BCUT2D eigenvalue weighted by Gasteiger charge is -2.31. The van der Waals surface area contributed by atoms with Crippen LogP contribution in [0.3, 0.4) is 0 Å². The van der Waals surface area contributed by atoms with Gasteiger partial charge in [0.15, 0.2) is 23.3 Å². The zero-order chi connectivity index (χ0) is 29.7. The number of rotatable bonds is 14. The Balaban J connectivity index is 1.58. The van der Waals surface area contributed by atoms with Gasteiger partial charge in [0.05, 0.1) is 40.2 Å². The van der Waals surface area contributed by atoms with Crippen LogP contribution < -0.4 is 9.47 Å². The number of aliphatic carboxylic acids is 1. The number of nitrogens with zero attached hydrogens (tertiary/aromatic N) is 4. The molecule has 0 aliphatic carbocycles. The van der Waals surface area contributed by atoms with E-state index in [1.165, 1.54) is 16.7 Å². The molecule has 11 heteroatoms. The van der Waals surface area contributed by atoms with Crippen LogP contribution in [-0.4, -0.2) is 113 Å².